The summed E-state index contributed by atoms with van der Waals surface area (Å²) in [4.78, 5) is 0. The van der Waals surface area contributed by atoms with E-state index in [2.05, 4.69) is 17.6 Å². The molecule has 0 aliphatic heterocycles. The first-order valence-corrected chi connectivity index (χ1v) is 5.56. The van der Waals surface area contributed by atoms with E-state index in [9.17, 15) is 0 Å². The first-order chi connectivity index (χ1) is 6.33. The first kappa shape index (κ1) is 18.7. The molecule has 2 N–H and O–H groups in total. The first-order valence-electron chi connectivity index (χ1n) is 5.56. The van der Waals surface area contributed by atoms with Gasteiger partial charge in [0.25, 0.3) is 0 Å². The van der Waals surface area contributed by atoms with Gasteiger partial charge in [0.2, 0.25) is 0 Å². The Morgan fingerprint density at radius 2 is 1.31 bits per heavy atom. The van der Waals surface area contributed by atoms with Crippen molar-refractivity contribution in [1.29, 1.82) is 0 Å². The van der Waals surface area contributed by atoms with E-state index in [1.165, 1.54) is 32.2 Å². The smallest absolute Gasteiger partial charge is 0.00519 e. The molecule has 0 spiro atoms. The molecule has 0 fully saturated rings. The van der Waals surface area contributed by atoms with Gasteiger partial charge in [-0.05, 0) is 34.1 Å². The van der Waals surface area contributed by atoms with Crippen LogP contribution in [0.25, 0.3) is 0 Å². The summed E-state index contributed by atoms with van der Waals surface area (Å²) in [5, 5.41) is 5.88. The zero-order valence-electron chi connectivity index (χ0n) is 10.5. The van der Waals surface area contributed by atoms with Crippen LogP contribution in [0.3, 0.4) is 0 Å². The van der Waals surface area contributed by atoms with E-state index in [-0.39, 0.29) is 0 Å². The second kappa shape index (κ2) is 29.7. The number of hydrogen-bond donors (Lipinski definition) is 2. The van der Waals surface area contributed by atoms with Crippen LogP contribution in [0, 0.1) is 0 Å². The molecule has 0 atom stereocenters. The quantitative estimate of drug-likeness (QED) is 0.651. The topological polar surface area (TPSA) is 24.1 Å². The Hall–Kier alpha value is -0.0800. The van der Waals surface area contributed by atoms with E-state index in [4.69, 9.17) is 0 Å². The van der Waals surface area contributed by atoms with Crippen molar-refractivity contribution in [2.24, 2.45) is 0 Å². The van der Waals surface area contributed by atoms with Crippen molar-refractivity contribution >= 4 is 0 Å². The lowest BCUT2D eigenvalue weighted by molar-refractivity contribution is 0.634. The number of nitrogens with one attached hydrogen (secondary N) is 2. The van der Waals surface area contributed by atoms with Gasteiger partial charge < -0.3 is 10.6 Å². The van der Waals surface area contributed by atoms with Crippen LogP contribution in [0.4, 0.5) is 0 Å². The maximum atomic E-state index is 3.13. The fourth-order valence-corrected chi connectivity index (χ4v) is 0.729. The molecule has 0 aliphatic rings. The van der Waals surface area contributed by atoms with Crippen LogP contribution in [-0.2, 0) is 0 Å². The molecule has 0 amide bonds. The third-order valence-electron chi connectivity index (χ3n) is 1.28. The van der Waals surface area contributed by atoms with Gasteiger partial charge in [0.1, 0.15) is 0 Å². The maximum Gasteiger partial charge on any atom is -0.00519 e. The van der Waals surface area contributed by atoms with Gasteiger partial charge in [0.15, 0.2) is 0 Å². The van der Waals surface area contributed by atoms with Crippen LogP contribution >= 0.6 is 0 Å². The normalized spacial score (nSPS) is 7.85. The lowest BCUT2D eigenvalue weighted by atomic mass is 10.2. The van der Waals surface area contributed by atoms with Crippen LogP contribution in [0.1, 0.15) is 46.5 Å². The highest BCUT2D eigenvalue weighted by Crippen LogP contribution is 1.96. The van der Waals surface area contributed by atoms with Crippen molar-refractivity contribution in [3.63, 3.8) is 0 Å². The highest BCUT2D eigenvalue weighted by atomic mass is 14.8. The van der Waals surface area contributed by atoms with E-state index in [0.29, 0.717) is 0 Å². The van der Waals surface area contributed by atoms with Crippen LogP contribution in [0.5, 0.6) is 0 Å². The summed E-state index contributed by atoms with van der Waals surface area (Å²) in [6.07, 6.45) is 5.45. The van der Waals surface area contributed by atoms with E-state index in [1.54, 1.807) is 0 Å². The minimum atomic E-state index is 1.18. The van der Waals surface area contributed by atoms with E-state index >= 15 is 0 Å². The molecule has 84 valence electrons. The molecule has 0 aromatic rings. The molecule has 0 bridgehead atoms. The summed E-state index contributed by atoms with van der Waals surface area (Å²) in [5.41, 5.74) is 0. The van der Waals surface area contributed by atoms with Gasteiger partial charge >= 0.3 is 0 Å². The largest absolute Gasteiger partial charge is 0.323 e. The molecule has 0 unspecified atom stereocenters. The average Bonchev–Trinajstić information content (AvgIpc) is 2.17. The summed E-state index contributed by atoms with van der Waals surface area (Å²) in [5.74, 6) is 0. The Balaban J connectivity index is -0.000000169. The molecule has 0 aliphatic carbocycles. The predicted octanol–water partition coefficient (Wildman–Crippen LogP) is 2.65. The molecule has 0 saturated heterocycles. The summed E-state index contributed by atoms with van der Waals surface area (Å²) >= 11 is 0. The Morgan fingerprint density at radius 1 is 0.846 bits per heavy atom. The zero-order chi connectivity index (χ0) is 10.9. The lowest BCUT2D eigenvalue weighted by Gasteiger charge is -1.95. The molecule has 0 rings (SSSR count). The van der Waals surface area contributed by atoms with Gasteiger partial charge in [0, 0.05) is 0 Å². The Labute approximate surface area is 85.5 Å². The Morgan fingerprint density at radius 3 is 1.62 bits per heavy atom. The van der Waals surface area contributed by atoms with Gasteiger partial charge in [-0.25, -0.2) is 0 Å². The van der Waals surface area contributed by atoms with Crippen molar-refractivity contribution in [2.45, 2.75) is 46.5 Å². The molecule has 0 radical (unpaired) electrons. The zero-order valence-corrected chi connectivity index (χ0v) is 10.5. The van der Waals surface area contributed by atoms with Gasteiger partial charge in [-0.2, -0.15) is 0 Å². The van der Waals surface area contributed by atoms with Crippen LogP contribution < -0.4 is 10.6 Å². The standard InChI is InChI=1S/C7H17N.C2H7N.C2H6/c1-3-4-5-6-7-8-2;1-3-2;1-2/h8H,3-7H2,1-2H3;3H,1-2H3;1-2H3. The fraction of sp³-hybridized carbons (Fsp3) is 1.00. The van der Waals surface area contributed by atoms with Crippen molar-refractivity contribution in [2.75, 3.05) is 27.7 Å². The minimum absolute atomic E-state index is 1.18. The number of hydrogen-bond acceptors (Lipinski definition) is 2. The maximum absolute atomic E-state index is 3.13. The van der Waals surface area contributed by atoms with Crippen molar-refractivity contribution in [1.82, 2.24) is 10.6 Å². The van der Waals surface area contributed by atoms with E-state index in [1.807, 2.05) is 35.0 Å². The Bertz CT molecular complexity index is 41.4. The second-order valence-electron chi connectivity index (χ2n) is 2.66. The number of rotatable bonds is 5. The minimum Gasteiger partial charge on any atom is -0.323 e. The molecule has 13 heavy (non-hydrogen) atoms. The summed E-state index contributed by atoms with van der Waals surface area (Å²) in [6.45, 7) is 7.42. The van der Waals surface area contributed by atoms with Gasteiger partial charge in [0.05, 0.1) is 0 Å². The van der Waals surface area contributed by atoms with Gasteiger partial charge in [-0.1, -0.05) is 40.0 Å². The highest BCUT2D eigenvalue weighted by Gasteiger charge is 1.82. The van der Waals surface area contributed by atoms with E-state index < -0.39 is 0 Å². The highest BCUT2D eigenvalue weighted by molar-refractivity contribution is 4.41. The van der Waals surface area contributed by atoms with Crippen LogP contribution in [0.2, 0.25) is 0 Å². The second-order valence-corrected chi connectivity index (χ2v) is 2.66. The third kappa shape index (κ3) is 48.5. The molecule has 0 aromatic heterocycles. The molecule has 0 aromatic carbocycles. The van der Waals surface area contributed by atoms with E-state index in [0.717, 1.165) is 0 Å². The molecule has 2 nitrogen and oxygen atoms in total. The monoisotopic (exact) mass is 190 g/mol. The van der Waals surface area contributed by atoms with Crippen LogP contribution in [-0.4, -0.2) is 27.7 Å². The molecular formula is C11H30N2. The summed E-state index contributed by atoms with van der Waals surface area (Å²) in [7, 11) is 5.76. The number of unbranched alkanes of at least 4 members (excludes halogenated alkanes) is 3. The Kier molecular flexibility index (Phi) is 42.6. The molecule has 0 saturated carbocycles. The molecule has 0 heterocycles. The SMILES string of the molecule is CC.CCCCCCNC.CNC. The third-order valence-corrected chi connectivity index (χ3v) is 1.28. The molecular weight excluding hydrogens is 160 g/mol. The van der Waals surface area contributed by atoms with Gasteiger partial charge in [-0.15, -0.1) is 0 Å². The fourth-order valence-electron chi connectivity index (χ4n) is 0.729. The van der Waals surface area contributed by atoms with Crippen molar-refractivity contribution in [3.8, 4) is 0 Å². The van der Waals surface area contributed by atoms with Crippen molar-refractivity contribution in [3.05, 3.63) is 0 Å². The van der Waals surface area contributed by atoms with Crippen molar-refractivity contribution < 1.29 is 0 Å². The summed E-state index contributed by atoms with van der Waals surface area (Å²) < 4.78 is 0. The van der Waals surface area contributed by atoms with Crippen LogP contribution in [0.15, 0.2) is 0 Å². The predicted molar refractivity (Wildman–Crippen MR) is 64.4 cm³/mol. The summed E-state index contributed by atoms with van der Waals surface area (Å²) in [6, 6.07) is 0. The lowest BCUT2D eigenvalue weighted by Crippen LogP contribution is -2.06. The molecule has 2 heteroatoms. The van der Waals surface area contributed by atoms with Gasteiger partial charge in [-0.3, -0.25) is 0 Å². The average molecular weight is 190 g/mol.